The predicted molar refractivity (Wildman–Crippen MR) is 333 cm³/mol. The number of quaternary nitrogens is 1. The third-order valence-electron chi connectivity index (χ3n) is 14.2. The number of carbonyl (C=O) groups is 2. The molecule has 0 saturated heterocycles. The molecule has 2 atom stereocenters. The second kappa shape index (κ2) is 59.1. The lowest BCUT2D eigenvalue weighted by Crippen LogP contribution is -2.37. The zero-order chi connectivity index (χ0) is 57.0. The topological polar surface area (TPSA) is 111 Å². The second-order valence-electron chi connectivity index (χ2n) is 23.1. The molecule has 0 rings (SSSR count). The van der Waals surface area contributed by atoms with E-state index in [1.54, 1.807) is 0 Å². The molecule has 0 aliphatic heterocycles. The molecule has 0 aromatic heterocycles. The summed E-state index contributed by atoms with van der Waals surface area (Å²) < 4.78 is 34.3. The van der Waals surface area contributed by atoms with Crippen molar-refractivity contribution in [3.63, 3.8) is 0 Å². The molecule has 0 spiro atoms. The molecule has 78 heavy (non-hydrogen) atoms. The van der Waals surface area contributed by atoms with Gasteiger partial charge in [-0.1, -0.05) is 273 Å². The predicted octanol–water partition coefficient (Wildman–Crippen LogP) is 20.2. The lowest BCUT2D eigenvalue weighted by Gasteiger charge is -2.28. The van der Waals surface area contributed by atoms with Crippen LogP contribution >= 0.6 is 7.82 Å². The molecule has 0 saturated carbocycles. The Morgan fingerprint density at radius 2 is 0.731 bits per heavy atom. The minimum absolute atomic E-state index is 0.0314. The van der Waals surface area contributed by atoms with E-state index in [-0.39, 0.29) is 32.0 Å². The first-order valence-electron chi connectivity index (χ1n) is 32.6. The van der Waals surface area contributed by atoms with E-state index in [4.69, 9.17) is 18.5 Å². The summed E-state index contributed by atoms with van der Waals surface area (Å²) >= 11 is 0. The highest BCUT2D eigenvalue weighted by Gasteiger charge is 2.22. The Hall–Kier alpha value is -2.55. The molecule has 0 radical (unpaired) electrons. The Morgan fingerprint density at radius 1 is 0.410 bits per heavy atom. The second-order valence-corrected chi connectivity index (χ2v) is 24.5. The van der Waals surface area contributed by atoms with Crippen molar-refractivity contribution in [1.82, 2.24) is 0 Å². The van der Waals surface area contributed by atoms with Gasteiger partial charge in [-0.3, -0.25) is 14.2 Å². The van der Waals surface area contributed by atoms with Gasteiger partial charge in [-0.15, -0.1) is 0 Å². The number of allylic oxidation sites excluding steroid dienone is 12. The van der Waals surface area contributed by atoms with Gasteiger partial charge in [0.25, 0.3) is 7.82 Å². The van der Waals surface area contributed by atoms with Crippen molar-refractivity contribution < 1.29 is 42.1 Å². The van der Waals surface area contributed by atoms with Gasteiger partial charge in [0.1, 0.15) is 19.8 Å². The molecule has 2 unspecified atom stereocenters. The van der Waals surface area contributed by atoms with Gasteiger partial charge >= 0.3 is 11.9 Å². The van der Waals surface area contributed by atoms with Crippen LogP contribution in [0.4, 0.5) is 0 Å². The third kappa shape index (κ3) is 62.6. The van der Waals surface area contributed by atoms with E-state index in [1.807, 2.05) is 21.1 Å². The van der Waals surface area contributed by atoms with Crippen LogP contribution in [-0.4, -0.2) is 70.0 Å². The van der Waals surface area contributed by atoms with E-state index in [0.717, 1.165) is 70.6 Å². The molecular formula is C68H124NO8P. The monoisotopic (exact) mass is 1110 g/mol. The number of nitrogens with zero attached hydrogens (tertiary/aromatic N) is 1. The summed E-state index contributed by atoms with van der Waals surface area (Å²) in [7, 11) is 1.17. The van der Waals surface area contributed by atoms with Gasteiger partial charge in [-0.25, -0.2) is 0 Å². The van der Waals surface area contributed by atoms with E-state index in [2.05, 4.69) is 86.8 Å². The Kier molecular flexibility index (Phi) is 57.2. The number of hydrogen-bond acceptors (Lipinski definition) is 8. The van der Waals surface area contributed by atoms with Crippen LogP contribution in [0.5, 0.6) is 0 Å². The van der Waals surface area contributed by atoms with Crippen LogP contribution in [0.2, 0.25) is 0 Å². The lowest BCUT2D eigenvalue weighted by atomic mass is 10.0. The zero-order valence-corrected chi connectivity index (χ0v) is 52.5. The summed E-state index contributed by atoms with van der Waals surface area (Å²) in [6.45, 7) is 4.16. The Bertz CT molecular complexity index is 1550. The molecule has 0 fully saturated rings. The molecular weight excluding hydrogens is 990 g/mol. The molecule has 9 nitrogen and oxygen atoms in total. The van der Waals surface area contributed by atoms with Gasteiger partial charge in [0.2, 0.25) is 0 Å². The average Bonchev–Trinajstić information content (AvgIpc) is 3.41. The van der Waals surface area contributed by atoms with Gasteiger partial charge in [-0.05, 0) is 83.5 Å². The van der Waals surface area contributed by atoms with Crippen molar-refractivity contribution in [2.75, 3.05) is 47.5 Å². The Balaban J connectivity index is 4.05. The molecule has 0 amide bonds. The summed E-state index contributed by atoms with van der Waals surface area (Å²) in [6.07, 6.45) is 78.2. The standard InChI is InChI=1S/C68H124NO8P/c1-6-8-10-12-14-16-18-20-22-24-26-28-29-30-31-32-33-34-35-36-37-38-39-41-43-45-47-49-51-53-55-57-59-61-68(71)77-66(65-76-78(72,73)75-63-62-69(3,4)5)64-74-67(70)60-58-56-54-52-50-48-46-44-42-40-27-25-23-21-19-17-15-13-11-9-7-2/h8,10,14,16,20,22,25-28,30-31,66H,6-7,9,11-13,15,17-19,21,23-24,29,32-65H2,1-5H3/b10-8-,16-14-,22-20-,27-25-,28-26-,31-30-. The van der Waals surface area contributed by atoms with E-state index >= 15 is 0 Å². The van der Waals surface area contributed by atoms with Crippen molar-refractivity contribution in [2.24, 2.45) is 0 Å². The number of phosphoric acid groups is 1. The summed E-state index contributed by atoms with van der Waals surface area (Å²) in [5.41, 5.74) is 0. The van der Waals surface area contributed by atoms with Crippen LogP contribution in [0.1, 0.15) is 296 Å². The molecule has 0 aromatic rings. The highest BCUT2D eigenvalue weighted by molar-refractivity contribution is 7.45. The average molecular weight is 1110 g/mol. The highest BCUT2D eigenvalue weighted by atomic mass is 31.2. The summed E-state index contributed by atoms with van der Waals surface area (Å²) in [5.74, 6) is -0.825. The van der Waals surface area contributed by atoms with Crippen LogP contribution < -0.4 is 4.89 Å². The minimum atomic E-state index is -4.64. The smallest absolute Gasteiger partial charge is 0.306 e. The Morgan fingerprint density at radius 3 is 1.10 bits per heavy atom. The van der Waals surface area contributed by atoms with Gasteiger partial charge in [0.05, 0.1) is 27.7 Å². The molecule has 0 N–H and O–H groups in total. The number of ether oxygens (including phenoxy) is 2. The van der Waals surface area contributed by atoms with Crippen LogP contribution in [0.15, 0.2) is 72.9 Å². The summed E-state index contributed by atoms with van der Waals surface area (Å²) in [6, 6.07) is 0. The maximum Gasteiger partial charge on any atom is 0.306 e. The van der Waals surface area contributed by atoms with Crippen molar-refractivity contribution >= 4 is 19.8 Å². The van der Waals surface area contributed by atoms with Gasteiger partial charge in [0, 0.05) is 12.8 Å². The number of likely N-dealkylation sites (N-methyl/N-ethyl adjacent to an activating group) is 1. The third-order valence-corrected chi connectivity index (χ3v) is 15.2. The number of unbranched alkanes of at least 4 members (excludes halogenated alkanes) is 34. The normalized spacial score (nSPS) is 13.7. The van der Waals surface area contributed by atoms with Crippen molar-refractivity contribution in [1.29, 1.82) is 0 Å². The maximum atomic E-state index is 12.8. The number of carbonyl (C=O) groups excluding carboxylic acids is 2. The van der Waals surface area contributed by atoms with E-state index in [0.29, 0.717) is 17.4 Å². The van der Waals surface area contributed by atoms with Gasteiger partial charge < -0.3 is 27.9 Å². The first kappa shape index (κ1) is 75.5. The molecule has 0 heterocycles. The molecule has 0 aliphatic carbocycles. The van der Waals surface area contributed by atoms with Crippen LogP contribution in [0.3, 0.4) is 0 Å². The van der Waals surface area contributed by atoms with E-state index in [1.165, 1.54) is 193 Å². The number of esters is 2. The molecule has 0 bridgehead atoms. The maximum absolute atomic E-state index is 12.8. The van der Waals surface area contributed by atoms with E-state index < -0.39 is 26.5 Å². The van der Waals surface area contributed by atoms with Crippen molar-refractivity contribution in [3.05, 3.63) is 72.9 Å². The van der Waals surface area contributed by atoms with Gasteiger partial charge in [0.15, 0.2) is 6.10 Å². The SMILES string of the molecule is CC/C=C\C/C=C\C/C=C\C/C=C\C/C=C\CCCCCCCCCCCCCCCCCCCC(=O)OC(COC(=O)CCCCCCCCCCC/C=C\CCCCCCCCCC)COP(=O)([O-])OCC[N+](C)(C)C. The minimum Gasteiger partial charge on any atom is -0.756 e. The first-order chi connectivity index (χ1) is 38.0. The van der Waals surface area contributed by atoms with Crippen molar-refractivity contribution in [2.45, 2.75) is 302 Å². The zero-order valence-electron chi connectivity index (χ0n) is 51.6. The molecule has 454 valence electrons. The molecule has 0 aromatic carbocycles. The van der Waals surface area contributed by atoms with Crippen LogP contribution in [0, 0.1) is 0 Å². The highest BCUT2D eigenvalue weighted by Crippen LogP contribution is 2.38. The fourth-order valence-electron chi connectivity index (χ4n) is 9.21. The van der Waals surface area contributed by atoms with Crippen molar-refractivity contribution in [3.8, 4) is 0 Å². The number of rotatable bonds is 60. The molecule has 10 heteroatoms. The first-order valence-corrected chi connectivity index (χ1v) is 34.1. The lowest BCUT2D eigenvalue weighted by molar-refractivity contribution is -0.870. The fraction of sp³-hybridized carbons (Fsp3) is 0.794. The summed E-state index contributed by atoms with van der Waals surface area (Å²) in [4.78, 5) is 38.0. The fourth-order valence-corrected chi connectivity index (χ4v) is 9.94. The van der Waals surface area contributed by atoms with Crippen LogP contribution in [0.25, 0.3) is 0 Å². The van der Waals surface area contributed by atoms with Crippen LogP contribution in [-0.2, 0) is 32.7 Å². The van der Waals surface area contributed by atoms with Gasteiger partial charge in [-0.2, -0.15) is 0 Å². The largest absolute Gasteiger partial charge is 0.756 e. The number of hydrogen-bond donors (Lipinski definition) is 0. The summed E-state index contributed by atoms with van der Waals surface area (Å²) in [5, 5.41) is 0. The molecule has 0 aliphatic rings. The number of phosphoric ester groups is 1. The Labute approximate surface area is 482 Å². The quantitative estimate of drug-likeness (QED) is 0.0195. The van der Waals surface area contributed by atoms with E-state index in [9.17, 15) is 19.0 Å².